The van der Waals surface area contributed by atoms with Crippen molar-refractivity contribution in [1.29, 1.82) is 0 Å². The fraction of sp³-hybridized carbons (Fsp3) is 0.364. The van der Waals surface area contributed by atoms with E-state index in [2.05, 4.69) is 10.4 Å². The molecule has 0 bridgehead atoms. The molecule has 1 aliphatic rings. The molecule has 6 nitrogen and oxygen atoms in total. The Labute approximate surface area is 185 Å². The Morgan fingerprint density at radius 2 is 2.00 bits per heavy atom. The number of hydrogen-bond donors (Lipinski definition) is 1. The summed E-state index contributed by atoms with van der Waals surface area (Å²) < 4.78 is 28.5. The lowest BCUT2D eigenvalue weighted by molar-refractivity contribution is -0.105. The molecule has 3 rings (SSSR count). The highest BCUT2D eigenvalue weighted by atomic mass is 32.2. The zero-order valence-electron chi connectivity index (χ0n) is 17.8. The van der Waals surface area contributed by atoms with Crippen molar-refractivity contribution in [3.8, 4) is 0 Å². The maximum atomic E-state index is 14.6. The van der Waals surface area contributed by atoms with Crippen molar-refractivity contribution in [2.45, 2.75) is 24.6 Å². The van der Waals surface area contributed by atoms with E-state index in [9.17, 15) is 13.6 Å². The fourth-order valence-electron chi connectivity index (χ4n) is 3.43. The number of rotatable bonds is 8. The topological polar surface area (TPSA) is 57.2 Å². The van der Waals surface area contributed by atoms with Gasteiger partial charge in [-0.2, -0.15) is 10.1 Å². The Balaban J connectivity index is 2.12. The number of nitrogens with zero attached hydrogens (tertiary/aromatic N) is 3. The van der Waals surface area contributed by atoms with E-state index in [-0.39, 0.29) is 10.6 Å². The molecule has 2 aromatic carbocycles. The summed E-state index contributed by atoms with van der Waals surface area (Å²) in [5.74, 6) is -1.17. The van der Waals surface area contributed by atoms with Crippen molar-refractivity contribution in [2.24, 2.45) is 5.10 Å². The second-order valence-corrected chi connectivity index (χ2v) is 8.26. The molecule has 9 heteroatoms. The van der Waals surface area contributed by atoms with Crippen molar-refractivity contribution >= 4 is 22.8 Å². The number of carbonyl (C=O) groups is 1. The lowest BCUT2D eigenvalue weighted by Gasteiger charge is -2.37. The van der Waals surface area contributed by atoms with E-state index >= 15 is 0 Å². The third-order valence-electron chi connectivity index (χ3n) is 4.90. The summed E-state index contributed by atoms with van der Waals surface area (Å²) in [4.78, 5) is 17.7. The first-order valence-corrected chi connectivity index (χ1v) is 10.9. The summed E-state index contributed by atoms with van der Waals surface area (Å²) in [6.45, 7) is 2.80. The van der Waals surface area contributed by atoms with Crippen LogP contribution in [0.15, 0.2) is 53.6 Å². The largest absolute Gasteiger partial charge is 0.365 e. The van der Waals surface area contributed by atoms with Gasteiger partial charge >= 0.3 is 6.03 Å². The van der Waals surface area contributed by atoms with E-state index in [0.29, 0.717) is 13.0 Å². The van der Waals surface area contributed by atoms with Crippen LogP contribution in [0.5, 0.6) is 0 Å². The van der Waals surface area contributed by atoms with Crippen LogP contribution in [-0.4, -0.2) is 48.4 Å². The van der Waals surface area contributed by atoms with Crippen LogP contribution in [0, 0.1) is 11.6 Å². The minimum absolute atomic E-state index is 0.0216. The number of hydroxylamine groups is 2. The molecule has 0 radical (unpaired) electrons. The zero-order valence-corrected chi connectivity index (χ0v) is 18.6. The average molecular weight is 449 g/mol. The molecule has 0 spiro atoms. The van der Waals surface area contributed by atoms with Gasteiger partial charge in [0.1, 0.15) is 21.5 Å². The number of hydrogen-bond acceptors (Lipinski definition) is 5. The van der Waals surface area contributed by atoms with Crippen LogP contribution in [0.4, 0.5) is 13.6 Å². The van der Waals surface area contributed by atoms with Crippen molar-refractivity contribution < 1.29 is 18.4 Å². The molecule has 0 saturated heterocycles. The van der Waals surface area contributed by atoms with Crippen LogP contribution >= 0.6 is 11.8 Å². The van der Waals surface area contributed by atoms with E-state index in [1.54, 1.807) is 6.92 Å². The molecular formula is C22H26F2N4O2S. The molecule has 2 amide bonds. The van der Waals surface area contributed by atoms with Crippen LogP contribution < -0.4 is 5.32 Å². The number of halogens is 2. The predicted molar refractivity (Wildman–Crippen MR) is 118 cm³/mol. The van der Waals surface area contributed by atoms with Gasteiger partial charge in [0.25, 0.3) is 0 Å². The first kappa shape index (κ1) is 23.2. The molecule has 1 N–H and O–H groups in total. The first-order valence-electron chi connectivity index (χ1n) is 10.1. The Morgan fingerprint density at radius 3 is 2.68 bits per heavy atom. The SMILES string of the molecule is CCON(C)C(=O)N1N=C(c2cc(F)ccc2F)SC1(CCCNC)c1ccccc1. The molecular weight excluding hydrogens is 422 g/mol. The predicted octanol–water partition coefficient (Wildman–Crippen LogP) is 4.53. The summed E-state index contributed by atoms with van der Waals surface area (Å²) in [6.07, 6.45) is 1.27. The lowest BCUT2D eigenvalue weighted by Crippen LogP contribution is -2.47. The van der Waals surface area contributed by atoms with Gasteiger partial charge in [-0.3, -0.25) is 4.84 Å². The molecule has 1 unspecified atom stereocenters. The van der Waals surface area contributed by atoms with Crippen LogP contribution in [-0.2, 0) is 9.71 Å². The number of urea groups is 1. The number of nitrogens with one attached hydrogen (secondary N) is 1. The van der Waals surface area contributed by atoms with Crippen LogP contribution in [0.3, 0.4) is 0 Å². The second kappa shape index (κ2) is 10.2. The summed E-state index contributed by atoms with van der Waals surface area (Å²) in [7, 11) is 3.36. The highest BCUT2D eigenvalue weighted by molar-refractivity contribution is 8.15. The van der Waals surface area contributed by atoms with E-state index in [0.717, 1.165) is 41.8 Å². The molecule has 1 aliphatic heterocycles. The molecule has 0 aromatic heterocycles. The van der Waals surface area contributed by atoms with Crippen molar-refractivity contribution in [2.75, 3.05) is 27.2 Å². The van der Waals surface area contributed by atoms with Gasteiger partial charge in [-0.05, 0) is 57.1 Å². The molecule has 1 heterocycles. The normalized spacial score (nSPS) is 18.2. The number of thioether (sulfide) groups is 1. The quantitative estimate of drug-likeness (QED) is 0.476. The summed E-state index contributed by atoms with van der Waals surface area (Å²) >= 11 is 1.25. The summed E-state index contributed by atoms with van der Waals surface area (Å²) in [5, 5.41) is 10.3. The Hall–Kier alpha value is -2.49. The van der Waals surface area contributed by atoms with Crippen molar-refractivity contribution in [3.63, 3.8) is 0 Å². The molecule has 0 saturated carbocycles. The summed E-state index contributed by atoms with van der Waals surface area (Å²) in [5.41, 5.74) is 0.859. The maximum Gasteiger partial charge on any atom is 0.365 e. The Morgan fingerprint density at radius 1 is 1.26 bits per heavy atom. The Bertz CT molecular complexity index is 944. The minimum atomic E-state index is -0.936. The minimum Gasteiger partial charge on any atom is -0.320 e. The van der Waals surface area contributed by atoms with Gasteiger partial charge in [0.05, 0.1) is 6.61 Å². The summed E-state index contributed by atoms with van der Waals surface area (Å²) in [6, 6.07) is 12.2. The molecule has 2 aromatic rings. The lowest BCUT2D eigenvalue weighted by atomic mass is 10.0. The number of carbonyl (C=O) groups excluding carboxylic acids is 1. The fourth-order valence-corrected chi connectivity index (χ4v) is 4.85. The van der Waals surface area contributed by atoms with Crippen LogP contribution in [0.1, 0.15) is 30.9 Å². The maximum absolute atomic E-state index is 14.6. The van der Waals surface area contributed by atoms with Gasteiger partial charge in [-0.15, -0.1) is 0 Å². The standard InChI is InChI=1S/C22H26F2N4O2S/c1-4-30-27(3)21(29)28-22(13-8-14-25-2,16-9-6-5-7-10-16)31-20(26-28)18-15-17(23)11-12-19(18)24/h5-7,9-12,15,25H,4,8,13-14H2,1-3H3. The van der Waals surface area contributed by atoms with Gasteiger partial charge in [-0.1, -0.05) is 42.1 Å². The third-order valence-corrected chi connectivity index (χ3v) is 6.34. The molecule has 0 fully saturated rings. The molecule has 31 heavy (non-hydrogen) atoms. The third kappa shape index (κ3) is 4.89. The van der Waals surface area contributed by atoms with Crippen LogP contribution in [0.25, 0.3) is 0 Å². The van der Waals surface area contributed by atoms with Gasteiger partial charge in [0.2, 0.25) is 0 Å². The monoisotopic (exact) mass is 448 g/mol. The number of amides is 2. The average Bonchev–Trinajstić information content (AvgIpc) is 3.16. The van der Waals surface area contributed by atoms with Gasteiger partial charge in [-0.25, -0.2) is 18.6 Å². The first-order chi connectivity index (χ1) is 14.9. The van der Waals surface area contributed by atoms with E-state index in [4.69, 9.17) is 4.84 Å². The number of hydrazone groups is 1. The molecule has 0 aliphatic carbocycles. The van der Waals surface area contributed by atoms with Crippen molar-refractivity contribution in [1.82, 2.24) is 15.4 Å². The van der Waals surface area contributed by atoms with Gasteiger partial charge in [0.15, 0.2) is 0 Å². The van der Waals surface area contributed by atoms with E-state index in [1.807, 2.05) is 37.4 Å². The highest BCUT2D eigenvalue weighted by Crippen LogP contribution is 2.50. The highest BCUT2D eigenvalue weighted by Gasteiger charge is 2.49. The van der Waals surface area contributed by atoms with Gasteiger partial charge < -0.3 is 5.32 Å². The second-order valence-electron chi connectivity index (χ2n) is 7.00. The number of benzene rings is 2. The molecule has 166 valence electrons. The van der Waals surface area contributed by atoms with Crippen LogP contribution in [0.2, 0.25) is 0 Å². The smallest absolute Gasteiger partial charge is 0.320 e. The van der Waals surface area contributed by atoms with E-state index < -0.39 is 22.5 Å². The van der Waals surface area contributed by atoms with E-state index in [1.165, 1.54) is 23.8 Å². The zero-order chi connectivity index (χ0) is 22.4. The van der Waals surface area contributed by atoms with Gasteiger partial charge in [0, 0.05) is 12.6 Å². The van der Waals surface area contributed by atoms with Crippen molar-refractivity contribution in [3.05, 3.63) is 71.3 Å². The Kier molecular flexibility index (Phi) is 7.64. The molecule has 1 atom stereocenters.